The number of aryl methyl sites for hydroxylation is 1. The van der Waals surface area contributed by atoms with Gasteiger partial charge in [0.25, 0.3) is 5.91 Å². The third kappa shape index (κ3) is 6.74. The Morgan fingerprint density at radius 3 is 2.76 bits per heavy atom. The summed E-state index contributed by atoms with van der Waals surface area (Å²) < 4.78 is 7.00. The third-order valence-corrected chi connectivity index (χ3v) is 5.16. The number of unbranched alkanes of at least 4 members (excludes halogenated alkanes) is 1. The molecule has 2 amide bonds. The molecule has 0 aromatic carbocycles. The van der Waals surface area contributed by atoms with Gasteiger partial charge < -0.3 is 15.4 Å². The van der Waals surface area contributed by atoms with Crippen LogP contribution in [0.4, 0.5) is 0 Å². The monoisotopic (exact) mass is 403 g/mol. The zero-order valence-electron chi connectivity index (χ0n) is 16.9. The number of carbonyl (C=O) groups excluding carboxylic acids is 2. The normalized spacial score (nSPS) is 17.4. The lowest BCUT2D eigenvalue weighted by atomic mass is 9.96. The largest absolute Gasteiger partial charge is 0.381 e. The van der Waals surface area contributed by atoms with Crippen LogP contribution in [0, 0.1) is 5.92 Å². The maximum absolute atomic E-state index is 12.2. The highest BCUT2D eigenvalue weighted by molar-refractivity contribution is 6.01. The van der Waals surface area contributed by atoms with Crippen LogP contribution in [0.15, 0.2) is 16.4 Å². The Balaban J connectivity index is 1.34. The van der Waals surface area contributed by atoms with E-state index >= 15 is 0 Å². The van der Waals surface area contributed by atoms with Crippen molar-refractivity contribution in [1.82, 2.24) is 25.6 Å². The van der Waals surface area contributed by atoms with Gasteiger partial charge in [-0.2, -0.15) is 5.10 Å². The van der Waals surface area contributed by atoms with Crippen LogP contribution in [-0.4, -0.2) is 58.6 Å². The number of amides is 2. The summed E-state index contributed by atoms with van der Waals surface area (Å²) in [6.07, 6.45) is 8.34. The van der Waals surface area contributed by atoms with Crippen molar-refractivity contribution in [2.45, 2.75) is 57.9 Å². The molecule has 10 heteroatoms. The average Bonchev–Trinajstić information content (AvgIpc) is 3.21. The van der Waals surface area contributed by atoms with Gasteiger partial charge in [0.2, 0.25) is 5.91 Å². The standard InChI is InChI=1S/C19H29N7O3/c1-20-19(28)16-13-26(25-23-16)9-3-2-4-15-5-6-17(24-22-15)21-18(27)12-14-7-10-29-11-8-14/h13-14H,2-12H2,1H3,(H,20,28)(H,21,24,27). The summed E-state index contributed by atoms with van der Waals surface area (Å²) in [6, 6.07) is 0. The topological polar surface area (TPSA) is 123 Å². The van der Waals surface area contributed by atoms with E-state index in [2.05, 4.69) is 31.1 Å². The highest BCUT2D eigenvalue weighted by atomic mass is 16.5. The van der Waals surface area contributed by atoms with Gasteiger partial charge in [0, 0.05) is 45.4 Å². The van der Waals surface area contributed by atoms with E-state index in [0.29, 0.717) is 30.4 Å². The molecule has 0 radical (unpaired) electrons. The third-order valence-electron chi connectivity index (χ3n) is 5.16. The number of nitrogens with one attached hydrogen (secondary N) is 2. The van der Waals surface area contributed by atoms with Crippen LogP contribution in [0.5, 0.6) is 0 Å². The molecule has 29 heavy (non-hydrogen) atoms. The Morgan fingerprint density at radius 2 is 2.03 bits per heavy atom. The highest BCUT2D eigenvalue weighted by Crippen LogP contribution is 2.18. The van der Waals surface area contributed by atoms with Crippen LogP contribution in [-0.2, 0) is 16.1 Å². The first-order valence-corrected chi connectivity index (χ1v) is 10.3. The molecule has 0 unspecified atom stereocenters. The maximum atomic E-state index is 12.2. The van der Waals surface area contributed by atoms with E-state index < -0.39 is 0 Å². The van der Waals surface area contributed by atoms with Gasteiger partial charge in [0.1, 0.15) is 5.84 Å². The number of amidine groups is 1. The van der Waals surface area contributed by atoms with Crippen LogP contribution in [0.3, 0.4) is 0 Å². The number of hydrogen-bond donors (Lipinski definition) is 2. The van der Waals surface area contributed by atoms with E-state index in [4.69, 9.17) is 4.74 Å². The molecule has 1 saturated heterocycles. The second kappa shape index (κ2) is 10.8. The summed E-state index contributed by atoms with van der Waals surface area (Å²) in [5.74, 6) is 0.860. The summed E-state index contributed by atoms with van der Waals surface area (Å²) in [7, 11) is 1.57. The predicted molar refractivity (Wildman–Crippen MR) is 108 cm³/mol. The van der Waals surface area contributed by atoms with Gasteiger partial charge in [-0.3, -0.25) is 14.3 Å². The Bertz CT molecular complexity index is 766. The highest BCUT2D eigenvalue weighted by Gasteiger charge is 2.19. The molecular formula is C19H29N7O3. The molecule has 2 aliphatic rings. The Kier molecular flexibility index (Phi) is 7.85. The molecule has 0 spiro atoms. The van der Waals surface area contributed by atoms with E-state index in [1.807, 2.05) is 0 Å². The van der Waals surface area contributed by atoms with Crippen molar-refractivity contribution in [1.29, 1.82) is 0 Å². The number of hydrogen-bond acceptors (Lipinski definition) is 7. The van der Waals surface area contributed by atoms with Gasteiger partial charge in [0.15, 0.2) is 5.69 Å². The first-order chi connectivity index (χ1) is 14.1. The molecule has 0 saturated carbocycles. The molecule has 1 aromatic rings. The number of carbonyl (C=O) groups is 2. The van der Waals surface area contributed by atoms with E-state index in [0.717, 1.165) is 63.9 Å². The van der Waals surface area contributed by atoms with Gasteiger partial charge in [-0.05, 0) is 44.4 Å². The van der Waals surface area contributed by atoms with Gasteiger partial charge in [-0.25, -0.2) is 0 Å². The minimum atomic E-state index is -0.235. The minimum absolute atomic E-state index is 0.0262. The lowest BCUT2D eigenvalue weighted by molar-refractivity contribution is -0.121. The predicted octanol–water partition coefficient (Wildman–Crippen LogP) is 1.29. The fourth-order valence-electron chi connectivity index (χ4n) is 3.42. The van der Waals surface area contributed by atoms with Gasteiger partial charge >= 0.3 is 0 Å². The number of nitrogens with zero attached hydrogens (tertiary/aromatic N) is 5. The van der Waals surface area contributed by atoms with Crippen molar-refractivity contribution in [3.63, 3.8) is 0 Å². The number of aromatic nitrogens is 3. The van der Waals surface area contributed by atoms with Crippen molar-refractivity contribution in [3.05, 3.63) is 11.9 Å². The van der Waals surface area contributed by atoms with Crippen LogP contribution in [0.2, 0.25) is 0 Å². The second-order valence-corrected chi connectivity index (χ2v) is 7.42. The summed E-state index contributed by atoms with van der Waals surface area (Å²) in [6.45, 7) is 2.20. The molecule has 0 bridgehead atoms. The molecular weight excluding hydrogens is 374 g/mol. The van der Waals surface area contributed by atoms with Crippen molar-refractivity contribution in [2.24, 2.45) is 16.1 Å². The summed E-state index contributed by atoms with van der Waals surface area (Å²) >= 11 is 0. The summed E-state index contributed by atoms with van der Waals surface area (Å²) in [5.41, 5.74) is 1.38. The quantitative estimate of drug-likeness (QED) is 0.633. The first-order valence-electron chi connectivity index (χ1n) is 10.3. The van der Waals surface area contributed by atoms with Crippen molar-refractivity contribution < 1.29 is 14.3 Å². The van der Waals surface area contributed by atoms with Crippen molar-refractivity contribution in [3.8, 4) is 0 Å². The van der Waals surface area contributed by atoms with E-state index in [1.54, 1.807) is 17.9 Å². The molecule has 0 atom stereocenters. The van der Waals surface area contributed by atoms with Crippen LogP contribution >= 0.6 is 0 Å². The fourth-order valence-corrected chi connectivity index (χ4v) is 3.42. The molecule has 2 N–H and O–H groups in total. The molecule has 10 nitrogen and oxygen atoms in total. The second-order valence-electron chi connectivity index (χ2n) is 7.42. The van der Waals surface area contributed by atoms with Crippen LogP contribution < -0.4 is 10.6 Å². The van der Waals surface area contributed by atoms with E-state index in [9.17, 15) is 9.59 Å². The molecule has 1 fully saturated rings. The van der Waals surface area contributed by atoms with Crippen molar-refractivity contribution >= 4 is 23.4 Å². The summed E-state index contributed by atoms with van der Waals surface area (Å²) in [4.78, 5) is 23.6. The van der Waals surface area contributed by atoms with E-state index in [-0.39, 0.29) is 11.8 Å². The van der Waals surface area contributed by atoms with E-state index in [1.165, 1.54) is 0 Å². The Hall–Kier alpha value is -2.62. The van der Waals surface area contributed by atoms with Gasteiger partial charge in [-0.15, -0.1) is 10.2 Å². The smallest absolute Gasteiger partial charge is 0.273 e. The molecule has 2 aliphatic heterocycles. The van der Waals surface area contributed by atoms with Gasteiger partial charge in [0.05, 0.1) is 6.20 Å². The first kappa shape index (κ1) is 21.1. The fraction of sp³-hybridized carbons (Fsp3) is 0.684. The molecule has 0 aliphatic carbocycles. The molecule has 3 rings (SSSR count). The average molecular weight is 403 g/mol. The molecule has 3 heterocycles. The maximum Gasteiger partial charge on any atom is 0.273 e. The molecule has 1 aromatic heterocycles. The Labute approximate surface area is 170 Å². The Morgan fingerprint density at radius 1 is 1.21 bits per heavy atom. The zero-order valence-corrected chi connectivity index (χ0v) is 16.9. The van der Waals surface area contributed by atoms with Crippen molar-refractivity contribution in [2.75, 3.05) is 20.3 Å². The lowest BCUT2D eigenvalue weighted by Gasteiger charge is -2.21. The molecule has 158 valence electrons. The zero-order chi connectivity index (χ0) is 20.5. The number of ether oxygens (including phenoxy) is 1. The minimum Gasteiger partial charge on any atom is -0.381 e. The SMILES string of the molecule is CNC(=O)c1cn(CCCCC2=NN=C(NC(=O)CC3CCOCC3)CC2)nn1. The number of rotatable bonds is 8. The lowest BCUT2D eigenvalue weighted by Crippen LogP contribution is -2.34. The van der Waals surface area contributed by atoms with Gasteiger partial charge in [-0.1, -0.05) is 5.21 Å². The van der Waals surface area contributed by atoms with Crippen LogP contribution in [0.25, 0.3) is 0 Å². The van der Waals surface area contributed by atoms with Crippen LogP contribution in [0.1, 0.15) is 61.9 Å². The summed E-state index contributed by atoms with van der Waals surface area (Å²) in [5, 5.41) is 21.7.